The van der Waals surface area contributed by atoms with E-state index in [0.717, 1.165) is 18.8 Å². The molecule has 120 valence electrons. The summed E-state index contributed by atoms with van der Waals surface area (Å²) in [6, 6.07) is 7.42. The van der Waals surface area contributed by atoms with Crippen LogP contribution in [0.3, 0.4) is 0 Å². The van der Waals surface area contributed by atoms with E-state index in [1.807, 2.05) is 37.2 Å². The fraction of sp³-hybridized carbons (Fsp3) is 0.500. The maximum absolute atomic E-state index is 12.5. The summed E-state index contributed by atoms with van der Waals surface area (Å²) in [5.74, 6) is -0.131. The van der Waals surface area contributed by atoms with E-state index >= 15 is 0 Å². The molecule has 0 aromatic heterocycles. The smallest absolute Gasteiger partial charge is 0.254 e. The number of carbonyl (C=O) groups is 2. The highest BCUT2D eigenvalue weighted by atomic mass is 16.2. The standard InChI is InChI=1S/C16H24N4O2/c1-18(2)14-6-4-5-13(11-14)16(22)19(3)12-15(21)20-9-7-17-8-10-20/h4-6,11,17H,7-10,12H2,1-3H3. The Bertz CT molecular complexity index is 539. The lowest BCUT2D eigenvalue weighted by Gasteiger charge is -2.29. The Hall–Kier alpha value is -2.08. The molecule has 1 aliphatic rings. The summed E-state index contributed by atoms with van der Waals surface area (Å²) in [6.07, 6.45) is 0. The van der Waals surface area contributed by atoms with Crippen LogP contribution in [-0.2, 0) is 4.79 Å². The van der Waals surface area contributed by atoms with E-state index in [0.29, 0.717) is 18.7 Å². The number of carbonyl (C=O) groups excluding carboxylic acids is 2. The Morgan fingerprint density at radius 3 is 2.50 bits per heavy atom. The summed E-state index contributed by atoms with van der Waals surface area (Å²) in [6.45, 7) is 3.15. The molecule has 0 radical (unpaired) electrons. The van der Waals surface area contributed by atoms with Gasteiger partial charge in [-0.15, -0.1) is 0 Å². The Morgan fingerprint density at radius 1 is 1.18 bits per heavy atom. The molecule has 0 unspecified atom stereocenters. The predicted molar refractivity (Wildman–Crippen MR) is 87.2 cm³/mol. The maximum atomic E-state index is 12.5. The first-order valence-corrected chi connectivity index (χ1v) is 7.50. The Kier molecular flexibility index (Phi) is 5.38. The molecule has 2 amide bonds. The molecular weight excluding hydrogens is 280 g/mol. The minimum Gasteiger partial charge on any atom is -0.378 e. The highest BCUT2D eigenvalue weighted by molar-refractivity contribution is 5.97. The van der Waals surface area contributed by atoms with Crippen molar-refractivity contribution in [2.75, 3.05) is 58.8 Å². The molecule has 1 heterocycles. The van der Waals surface area contributed by atoms with Crippen molar-refractivity contribution in [2.24, 2.45) is 0 Å². The van der Waals surface area contributed by atoms with Gasteiger partial charge >= 0.3 is 0 Å². The molecule has 6 heteroatoms. The molecule has 0 atom stereocenters. The Balaban J connectivity index is 1.99. The number of rotatable bonds is 4. The summed E-state index contributed by atoms with van der Waals surface area (Å²) >= 11 is 0. The van der Waals surface area contributed by atoms with E-state index in [1.54, 1.807) is 18.0 Å². The lowest BCUT2D eigenvalue weighted by Crippen LogP contribution is -2.49. The SMILES string of the molecule is CN(CC(=O)N1CCNCC1)C(=O)c1cccc(N(C)C)c1. The molecule has 0 spiro atoms. The number of benzene rings is 1. The lowest BCUT2D eigenvalue weighted by atomic mass is 10.1. The van der Waals surface area contributed by atoms with Gasteiger partial charge in [-0.2, -0.15) is 0 Å². The van der Waals surface area contributed by atoms with Crippen molar-refractivity contribution in [1.82, 2.24) is 15.1 Å². The molecule has 1 saturated heterocycles. The number of nitrogens with one attached hydrogen (secondary N) is 1. The van der Waals surface area contributed by atoms with Gasteiger partial charge in [0.1, 0.15) is 0 Å². The number of anilines is 1. The van der Waals surface area contributed by atoms with Gasteiger partial charge in [-0.1, -0.05) is 6.07 Å². The van der Waals surface area contributed by atoms with Gasteiger partial charge in [0.25, 0.3) is 5.91 Å². The third kappa shape index (κ3) is 3.98. The average molecular weight is 304 g/mol. The molecule has 0 aliphatic carbocycles. The van der Waals surface area contributed by atoms with Crippen LogP contribution >= 0.6 is 0 Å². The van der Waals surface area contributed by atoms with Gasteiger partial charge in [-0.05, 0) is 18.2 Å². The zero-order valence-corrected chi connectivity index (χ0v) is 13.5. The number of piperazine rings is 1. The number of nitrogens with zero attached hydrogens (tertiary/aromatic N) is 3. The average Bonchev–Trinajstić information content (AvgIpc) is 2.54. The molecular formula is C16H24N4O2. The fourth-order valence-electron chi connectivity index (χ4n) is 2.43. The zero-order chi connectivity index (χ0) is 16.1. The molecule has 6 nitrogen and oxygen atoms in total. The second kappa shape index (κ2) is 7.26. The molecule has 2 rings (SSSR count). The van der Waals surface area contributed by atoms with Crippen LogP contribution in [0.1, 0.15) is 10.4 Å². The predicted octanol–water partition coefficient (Wildman–Crippen LogP) is 0.256. The number of amides is 2. The second-order valence-electron chi connectivity index (χ2n) is 5.74. The van der Waals surface area contributed by atoms with Crippen molar-refractivity contribution in [3.8, 4) is 0 Å². The van der Waals surface area contributed by atoms with Gasteiger partial charge in [-0.25, -0.2) is 0 Å². The Labute approximate surface area is 131 Å². The lowest BCUT2D eigenvalue weighted by molar-refractivity contribution is -0.132. The van der Waals surface area contributed by atoms with E-state index < -0.39 is 0 Å². The van der Waals surface area contributed by atoms with E-state index in [9.17, 15) is 9.59 Å². The van der Waals surface area contributed by atoms with Crippen LogP contribution in [0.4, 0.5) is 5.69 Å². The van der Waals surface area contributed by atoms with Crippen LogP contribution in [0, 0.1) is 0 Å². The van der Waals surface area contributed by atoms with Crippen LogP contribution in [0.15, 0.2) is 24.3 Å². The van der Waals surface area contributed by atoms with Crippen molar-refractivity contribution >= 4 is 17.5 Å². The first-order chi connectivity index (χ1) is 10.5. The molecule has 1 fully saturated rings. The third-order valence-corrected chi connectivity index (χ3v) is 3.80. The highest BCUT2D eigenvalue weighted by Gasteiger charge is 2.20. The quantitative estimate of drug-likeness (QED) is 0.867. The summed E-state index contributed by atoms with van der Waals surface area (Å²) in [7, 11) is 5.53. The monoisotopic (exact) mass is 304 g/mol. The summed E-state index contributed by atoms with van der Waals surface area (Å²) in [5.41, 5.74) is 1.56. The van der Waals surface area contributed by atoms with Gasteiger partial charge in [0.2, 0.25) is 5.91 Å². The van der Waals surface area contributed by atoms with E-state index in [2.05, 4.69) is 5.32 Å². The van der Waals surface area contributed by atoms with E-state index in [4.69, 9.17) is 0 Å². The van der Waals surface area contributed by atoms with Crippen molar-refractivity contribution in [1.29, 1.82) is 0 Å². The van der Waals surface area contributed by atoms with Crippen LogP contribution in [0.2, 0.25) is 0 Å². The van der Waals surface area contributed by atoms with Crippen molar-refractivity contribution in [3.05, 3.63) is 29.8 Å². The van der Waals surface area contributed by atoms with Gasteiger partial charge < -0.3 is 20.0 Å². The summed E-state index contributed by atoms with van der Waals surface area (Å²) in [4.78, 5) is 29.9. The highest BCUT2D eigenvalue weighted by Crippen LogP contribution is 2.14. The van der Waals surface area contributed by atoms with E-state index in [-0.39, 0.29) is 18.4 Å². The maximum Gasteiger partial charge on any atom is 0.254 e. The van der Waals surface area contributed by atoms with Gasteiger partial charge in [0.15, 0.2) is 0 Å². The Morgan fingerprint density at radius 2 is 1.86 bits per heavy atom. The van der Waals surface area contributed by atoms with Crippen molar-refractivity contribution < 1.29 is 9.59 Å². The normalized spacial score (nSPS) is 14.6. The minimum atomic E-state index is -0.132. The van der Waals surface area contributed by atoms with Crippen LogP contribution < -0.4 is 10.2 Å². The molecule has 0 bridgehead atoms. The summed E-state index contributed by atoms with van der Waals surface area (Å²) in [5, 5.41) is 3.21. The first-order valence-electron chi connectivity index (χ1n) is 7.50. The number of hydrogen-bond acceptors (Lipinski definition) is 4. The topological polar surface area (TPSA) is 55.9 Å². The van der Waals surface area contributed by atoms with Gasteiger partial charge in [0, 0.05) is 58.6 Å². The van der Waals surface area contributed by atoms with Crippen LogP contribution in [0.5, 0.6) is 0 Å². The third-order valence-electron chi connectivity index (χ3n) is 3.80. The van der Waals surface area contributed by atoms with Crippen LogP contribution in [-0.4, -0.2) is 75.5 Å². The van der Waals surface area contributed by atoms with E-state index in [1.165, 1.54) is 4.90 Å². The molecule has 22 heavy (non-hydrogen) atoms. The van der Waals surface area contributed by atoms with Gasteiger partial charge in [0.05, 0.1) is 6.54 Å². The fourth-order valence-corrected chi connectivity index (χ4v) is 2.43. The van der Waals surface area contributed by atoms with Crippen molar-refractivity contribution in [3.63, 3.8) is 0 Å². The minimum absolute atomic E-state index is 0.00103. The van der Waals surface area contributed by atoms with Crippen LogP contribution in [0.25, 0.3) is 0 Å². The molecule has 1 N–H and O–H groups in total. The summed E-state index contributed by atoms with van der Waals surface area (Å²) < 4.78 is 0. The second-order valence-corrected chi connectivity index (χ2v) is 5.74. The first kappa shape index (κ1) is 16.3. The largest absolute Gasteiger partial charge is 0.378 e. The molecule has 1 aromatic carbocycles. The van der Waals surface area contributed by atoms with Crippen molar-refractivity contribution in [2.45, 2.75) is 0 Å². The molecule has 1 aliphatic heterocycles. The number of hydrogen-bond donors (Lipinski definition) is 1. The molecule has 1 aromatic rings. The zero-order valence-electron chi connectivity index (χ0n) is 13.5. The number of likely N-dealkylation sites (N-methyl/N-ethyl adjacent to an activating group) is 1. The molecule has 0 saturated carbocycles. The van der Waals surface area contributed by atoms with Gasteiger partial charge in [-0.3, -0.25) is 9.59 Å².